The second-order valence-electron chi connectivity index (χ2n) is 4.68. The van der Waals surface area contributed by atoms with Crippen LogP contribution in [0.3, 0.4) is 0 Å². The molecule has 0 radical (unpaired) electrons. The zero-order valence-corrected chi connectivity index (χ0v) is 10.9. The number of likely N-dealkylation sites (tertiary alicyclic amines) is 1. The van der Waals surface area contributed by atoms with Crippen LogP contribution in [0.15, 0.2) is 18.3 Å². The second kappa shape index (κ2) is 5.79. The normalized spacial score (nSPS) is 19.2. The monoisotopic (exact) mass is 262 g/mol. The summed E-state index contributed by atoms with van der Waals surface area (Å²) in [6.07, 6.45) is 3.48. The van der Waals surface area contributed by atoms with Gasteiger partial charge in [0.05, 0.1) is 5.56 Å². The van der Waals surface area contributed by atoms with Crippen LogP contribution < -0.4 is 11.1 Å². The smallest absolute Gasteiger partial charge is 0.267 e. The van der Waals surface area contributed by atoms with Gasteiger partial charge >= 0.3 is 0 Å². The molecular formula is C13H18N4O2. The van der Waals surface area contributed by atoms with Gasteiger partial charge in [0.2, 0.25) is 0 Å². The molecule has 0 aliphatic carbocycles. The first kappa shape index (κ1) is 13.5. The van der Waals surface area contributed by atoms with Crippen molar-refractivity contribution in [3.05, 3.63) is 29.6 Å². The minimum atomic E-state index is -0.591. The largest absolute Gasteiger partial charge is 0.364 e. The molecule has 1 saturated heterocycles. The third-order valence-corrected chi connectivity index (χ3v) is 3.38. The fourth-order valence-corrected chi connectivity index (χ4v) is 2.25. The molecule has 6 heteroatoms. The van der Waals surface area contributed by atoms with Crippen LogP contribution in [0.2, 0.25) is 0 Å². The Hall–Kier alpha value is -1.95. The van der Waals surface area contributed by atoms with Crippen molar-refractivity contribution >= 4 is 11.8 Å². The summed E-state index contributed by atoms with van der Waals surface area (Å²) in [4.78, 5) is 28.9. The third-order valence-electron chi connectivity index (χ3n) is 3.38. The van der Waals surface area contributed by atoms with E-state index >= 15 is 0 Å². The quantitative estimate of drug-likeness (QED) is 0.803. The molecule has 3 N–H and O–H groups in total. The number of primary amides is 1. The molecule has 0 bridgehead atoms. The molecular weight excluding hydrogens is 244 g/mol. The Labute approximate surface area is 112 Å². The Bertz CT molecular complexity index is 472. The second-order valence-corrected chi connectivity index (χ2v) is 4.68. The summed E-state index contributed by atoms with van der Waals surface area (Å²) in [7, 11) is 1.90. The summed E-state index contributed by atoms with van der Waals surface area (Å²) in [6.45, 7) is 1.46. The van der Waals surface area contributed by atoms with Crippen molar-refractivity contribution in [1.29, 1.82) is 0 Å². The molecule has 1 aromatic rings. The third kappa shape index (κ3) is 3.08. The summed E-state index contributed by atoms with van der Waals surface area (Å²) in [5.74, 6) is -0.643. The van der Waals surface area contributed by atoms with Crippen LogP contribution in [0.1, 0.15) is 33.7 Å². The number of rotatable bonds is 3. The van der Waals surface area contributed by atoms with Gasteiger partial charge in [0.15, 0.2) is 0 Å². The van der Waals surface area contributed by atoms with Gasteiger partial charge in [-0.1, -0.05) is 0 Å². The maximum atomic E-state index is 12.3. The molecule has 0 spiro atoms. The van der Waals surface area contributed by atoms with Crippen molar-refractivity contribution in [1.82, 2.24) is 15.2 Å². The first-order valence-electron chi connectivity index (χ1n) is 6.34. The summed E-state index contributed by atoms with van der Waals surface area (Å²) >= 11 is 0. The van der Waals surface area contributed by atoms with Gasteiger partial charge in [-0.2, -0.15) is 0 Å². The highest BCUT2D eigenvalue weighted by Crippen LogP contribution is 2.13. The Balaban J connectivity index is 2.08. The fourth-order valence-electron chi connectivity index (χ4n) is 2.25. The number of nitrogens with one attached hydrogen (secondary N) is 1. The van der Waals surface area contributed by atoms with E-state index in [0.717, 1.165) is 19.4 Å². The first-order chi connectivity index (χ1) is 9.11. The number of hydrogen-bond acceptors (Lipinski definition) is 4. The number of likely N-dealkylation sites (N-methyl/N-ethyl adjacent to an activating group) is 1. The van der Waals surface area contributed by atoms with Crippen molar-refractivity contribution in [3.8, 4) is 0 Å². The average molecular weight is 262 g/mol. The Morgan fingerprint density at radius 3 is 2.84 bits per heavy atom. The van der Waals surface area contributed by atoms with Gasteiger partial charge in [0.1, 0.15) is 5.69 Å². The van der Waals surface area contributed by atoms with Crippen LogP contribution in [-0.4, -0.2) is 47.9 Å². The van der Waals surface area contributed by atoms with E-state index in [1.54, 1.807) is 6.07 Å². The predicted molar refractivity (Wildman–Crippen MR) is 70.7 cm³/mol. The molecule has 2 heterocycles. The van der Waals surface area contributed by atoms with E-state index in [4.69, 9.17) is 5.73 Å². The maximum Gasteiger partial charge on any atom is 0.267 e. The molecule has 0 aromatic carbocycles. The molecule has 1 aliphatic heterocycles. The lowest BCUT2D eigenvalue weighted by molar-refractivity contribution is 0.0697. The molecule has 2 amide bonds. The van der Waals surface area contributed by atoms with Gasteiger partial charge in [0, 0.05) is 25.3 Å². The number of nitrogens with zero attached hydrogens (tertiary/aromatic N) is 2. The number of carbonyl (C=O) groups is 2. The zero-order chi connectivity index (χ0) is 13.8. The Kier molecular flexibility index (Phi) is 4.11. The zero-order valence-electron chi connectivity index (χ0n) is 10.9. The van der Waals surface area contributed by atoms with E-state index in [-0.39, 0.29) is 11.6 Å². The van der Waals surface area contributed by atoms with Gasteiger partial charge < -0.3 is 16.0 Å². The van der Waals surface area contributed by atoms with Gasteiger partial charge in [-0.05, 0) is 32.0 Å². The van der Waals surface area contributed by atoms with Crippen LogP contribution in [0.25, 0.3) is 0 Å². The first-order valence-corrected chi connectivity index (χ1v) is 6.34. The lowest BCUT2D eigenvalue weighted by Crippen LogP contribution is -2.47. The minimum absolute atomic E-state index is 0.0523. The van der Waals surface area contributed by atoms with Gasteiger partial charge in [0.25, 0.3) is 11.8 Å². The summed E-state index contributed by atoms with van der Waals surface area (Å²) in [5.41, 5.74) is 5.77. The van der Waals surface area contributed by atoms with Crippen molar-refractivity contribution in [2.75, 3.05) is 20.1 Å². The average Bonchev–Trinajstić information content (AvgIpc) is 2.46. The number of piperidine rings is 1. The maximum absolute atomic E-state index is 12.3. The molecule has 1 fully saturated rings. The molecule has 1 aliphatic rings. The van der Waals surface area contributed by atoms with Crippen LogP contribution in [-0.2, 0) is 0 Å². The van der Waals surface area contributed by atoms with Crippen LogP contribution >= 0.6 is 0 Å². The van der Waals surface area contributed by atoms with E-state index in [2.05, 4.69) is 10.3 Å². The Morgan fingerprint density at radius 1 is 1.47 bits per heavy atom. The minimum Gasteiger partial charge on any atom is -0.364 e. The van der Waals surface area contributed by atoms with Gasteiger partial charge in [-0.25, -0.2) is 0 Å². The standard InChI is InChI=1S/C13H18N4O2/c1-15-10-3-2-6-17(8-10)13(19)9-4-5-11(12(14)18)16-7-9/h4-5,7,10,15H,2-3,6,8H2,1H3,(H2,14,18). The molecule has 19 heavy (non-hydrogen) atoms. The van der Waals surface area contributed by atoms with E-state index < -0.39 is 5.91 Å². The number of carbonyl (C=O) groups excluding carboxylic acids is 2. The number of amides is 2. The van der Waals surface area contributed by atoms with Gasteiger partial charge in [-0.3, -0.25) is 14.6 Å². The molecule has 6 nitrogen and oxygen atoms in total. The molecule has 0 saturated carbocycles. The lowest BCUT2D eigenvalue weighted by Gasteiger charge is -2.32. The molecule has 1 aromatic heterocycles. The van der Waals surface area contributed by atoms with Gasteiger partial charge in [-0.15, -0.1) is 0 Å². The topological polar surface area (TPSA) is 88.3 Å². The van der Waals surface area contributed by atoms with E-state index in [9.17, 15) is 9.59 Å². The molecule has 1 atom stereocenters. The number of aromatic nitrogens is 1. The molecule has 102 valence electrons. The highest BCUT2D eigenvalue weighted by Gasteiger charge is 2.23. The van der Waals surface area contributed by atoms with E-state index in [0.29, 0.717) is 18.2 Å². The molecule has 1 unspecified atom stereocenters. The number of nitrogens with two attached hydrogens (primary N) is 1. The fraction of sp³-hybridized carbons (Fsp3) is 0.462. The van der Waals surface area contributed by atoms with Crippen LogP contribution in [0.5, 0.6) is 0 Å². The SMILES string of the molecule is CNC1CCCN(C(=O)c2ccc(C(N)=O)nc2)C1. The van der Waals surface area contributed by atoms with Crippen molar-refractivity contribution in [2.45, 2.75) is 18.9 Å². The van der Waals surface area contributed by atoms with Crippen LogP contribution in [0.4, 0.5) is 0 Å². The highest BCUT2D eigenvalue weighted by atomic mass is 16.2. The van der Waals surface area contributed by atoms with Crippen molar-refractivity contribution < 1.29 is 9.59 Å². The van der Waals surface area contributed by atoms with Crippen LogP contribution in [0, 0.1) is 0 Å². The summed E-state index contributed by atoms with van der Waals surface area (Å²) < 4.78 is 0. The molecule has 2 rings (SSSR count). The lowest BCUT2D eigenvalue weighted by atomic mass is 10.0. The summed E-state index contributed by atoms with van der Waals surface area (Å²) in [5, 5.41) is 3.19. The van der Waals surface area contributed by atoms with Crippen molar-refractivity contribution in [2.24, 2.45) is 5.73 Å². The number of hydrogen-bond donors (Lipinski definition) is 2. The van der Waals surface area contributed by atoms with Crippen molar-refractivity contribution in [3.63, 3.8) is 0 Å². The van der Waals surface area contributed by atoms with E-state index in [1.807, 2.05) is 11.9 Å². The summed E-state index contributed by atoms with van der Waals surface area (Å²) in [6, 6.07) is 3.42. The Morgan fingerprint density at radius 2 is 2.26 bits per heavy atom. The number of pyridine rings is 1. The highest BCUT2D eigenvalue weighted by molar-refractivity contribution is 5.95. The predicted octanol–water partition coefficient (Wildman–Crippen LogP) is 0.00450. The van der Waals surface area contributed by atoms with E-state index in [1.165, 1.54) is 12.3 Å².